The molecular formula is C26H31N3O3. The average molecular weight is 434 g/mol. The molecule has 4 rings (SSSR count). The van der Waals surface area contributed by atoms with Gasteiger partial charge in [0, 0.05) is 50.8 Å². The molecule has 0 bridgehead atoms. The predicted molar refractivity (Wildman–Crippen MR) is 125 cm³/mol. The summed E-state index contributed by atoms with van der Waals surface area (Å²) in [5.41, 5.74) is 1.70. The van der Waals surface area contributed by atoms with E-state index in [9.17, 15) is 9.59 Å². The molecule has 0 N–H and O–H groups in total. The van der Waals surface area contributed by atoms with Gasteiger partial charge < -0.3 is 19.1 Å². The van der Waals surface area contributed by atoms with E-state index in [2.05, 4.69) is 0 Å². The van der Waals surface area contributed by atoms with Gasteiger partial charge in [-0.15, -0.1) is 0 Å². The molecule has 1 fully saturated rings. The summed E-state index contributed by atoms with van der Waals surface area (Å²) in [5.74, 6) is -0.116. The standard InChI is InChI=1S/C26H31N3O3/c1-27-14-5-9-24(27)18-29(23-12-13-23)25(30)19-28(15-6-16-32-2)26(31)22-11-10-20-7-3-4-8-21(20)17-22/h3-5,7-11,14,17,23H,6,12-13,15-16,18-19H2,1-2H3. The monoisotopic (exact) mass is 433 g/mol. The van der Waals surface area contributed by atoms with Crippen molar-refractivity contribution < 1.29 is 14.3 Å². The maximum atomic E-state index is 13.4. The first-order chi connectivity index (χ1) is 15.6. The summed E-state index contributed by atoms with van der Waals surface area (Å²) >= 11 is 0. The fourth-order valence-corrected chi connectivity index (χ4v) is 4.05. The second kappa shape index (κ2) is 10.0. The van der Waals surface area contributed by atoms with Crippen LogP contribution in [0.4, 0.5) is 0 Å². The Hall–Kier alpha value is -3.12. The number of aryl methyl sites for hydroxylation is 1. The lowest BCUT2D eigenvalue weighted by atomic mass is 10.1. The van der Waals surface area contributed by atoms with E-state index in [1.807, 2.05) is 77.3 Å². The summed E-state index contributed by atoms with van der Waals surface area (Å²) in [4.78, 5) is 30.4. The third-order valence-corrected chi connectivity index (χ3v) is 6.08. The molecule has 2 aromatic carbocycles. The number of fused-ring (bicyclic) bond motifs is 1. The number of methoxy groups -OCH3 is 1. The van der Waals surface area contributed by atoms with Crippen LogP contribution in [-0.2, 0) is 23.1 Å². The Labute approximate surface area is 189 Å². The topological polar surface area (TPSA) is 54.8 Å². The molecule has 2 amide bonds. The van der Waals surface area contributed by atoms with Crippen molar-refractivity contribution in [3.63, 3.8) is 0 Å². The van der Waals surface area contributed by atoms with E-state index in [0.717, 1.165) is 29.3 Å². The Bertz CT molecular complexity index is 1090. The molecule has 0 aliphatic heterocycles. The number of rotatable bonds is 10. The van der Waals surface area contributed by atoms with Crippen LogP contribution >= 0.6 is 0 Å². The molecule has 0 radical (unpaired) electrons. The van der Waals surface area contributed by atoms with Gasteiger partial charge in [-0.05, 0) is 54.3 Å². The molecule has 6 heteroatoms. The fraction of sp³-hybridized carbons (Fsp3) is 0.385. The molecular weight excluding hydrogens is 402 g/mol. The van der Waals surface area contributed by atoms with Gasteiger partial charge in [0.05, 0.1) is 6.54 Å². The van der Waals surface area contributed by atoms with Gasteiger partial charge in [-0.2, -0.15) is 0 Å². The lowest BCUT2D eigenvalue weighted by Crippen LogP contribution is -2.44. The predicted octanol–water partition coefficient (Wildman–Crippen LogP) is 3.85. The number of benzene rings is 2. The third kappa shape index (κ3) is 5.19. The second-order valence-electron chi connectivity index (χ2n) is 8.50. The quantitative estimate of drug-likeness (QED) is 0.457. The molecule has 168 valence electrons. The number of carbonyl (C=O) groups is 2. The zero-order valence-electron chi connectivity index (χ0n) is 18.9. The maximum Gasteiger partial charge on any atom is 0.254 e. The van der Waals surface area contributed by atoms with Crippen LogP contribution in [0.2, 0.25) is 0 Å². The first kappa shape index (κ1) is 22.1. The van der Waals surface area contributed by atoms with Crippen molar-refractivity contribution in [2.24, 2.45) is 7.05 Å². The molecule has 32 heavy (non-hydrogen) atoms. The molecule has 6 nitrogen and oxygen atoms in total. The van der Waals surface area contributed by atoms with Crippen molar-refractivity contribution in [2.75, 3.05) is 26.8 Å². The summed E-state index contributed by atoms with van der Waals surface area (Å²) in [5, 5.41) is 2.11. The molecule has 0 saturated heterocycles. The summed E-state index contributed by atoms with van der Waals surface area (Å²) in [7, 11) is 3.64. The average Bonchev–Trinajstić information content (AvgIpc) is 3.57. The van der Waals surface area contributed by atoms with E-state index in [1.54, 1.807) is 12.0 Å². The molecule has 3 aromatic rings. The smallest absolute Gasteiger partial charge is 0.254 e. The molecule has 1 heterocycles. The Balaban J connectivity index is 1.52. The Kier molecular flexibility index (Phi) is 6.90. The van der Waals surface area contributed by atoms with Crippen molar-refractivity contribution in [1.29, 1.82) is 0 Å². The van der Waals surface area contributed by atoms with Gasteiger partial charge in [-0.1, -0.05) is 30.3 Å². The van der Waals surface area contributed by atoms with Crippen molar-refractivity contribution in [3.05, 3.63) is 72.1 Å². The third-order valence-electron chi connectivity index (χ3n) is 6.08. The van der Waals surface area contributed by atoms with Gasteiger partial charge in [-0.25, -0.2) is 0 Å². The molecule has 1 aliphatic rings. The van der Waals surface area contributed by atoms with Gasteiger partial charge in [0.15, 0.2) is 0 Å². The maximum absolute atomic E-state index is 13.4. The van der Waals surface area contributed by atoms with Crippen LogP contribution in [0.1, 0.15) is 35.3 Å². The first-order valence-corrected chi connectivity index (χ1v) is 11.2. The highest BCUT2D eigenvalue weighted by molar-refractivity contribution is 6.00. The second-order valence-corrected chi connectivity index (χ2v) is 8.50. The van der Waals surface area contributed by atoms with Crippen LogP contribution in [0.5, 0.6) is 0 Å². The Morgan fingerprint density at radius 2 is 1.84 bits per heavy atom. The van der Waals surface area contributed by atoms with E-state index in [4.69, 9.17) is 4.74 Å². The minimum atomic E-state index is -0.116. The number of ether oxygens (including phenoxy) is 1. The highest BCUT2D eigenvalue weighted by Gasteiger charge is 2.34. The molecule has 0 unspecified atom stereocenters. The Morgan fingerprint density at radius 3 is 2.53 bits per heavy atom. The number of carbonyl (C=O) groups excluding carboxylic acids is 2. The fourth-order valence-electron chi connectivity index (χ4n) is 4.05. The number of hydrogen-bond acceptors (Lipinski definition) is 3. The van der Waals surface area contributed by atoms with Gasteiger partial charge in [-0.3, -0.25) is 9.59 Å². The highest BCUT2D eigenvalue weighted by atomic mass is 16.5. The van der Waals surface area contributed by atoms with Crippen LogP contribution in [0, 0.1) is 0 Å². The lowest BCUT2D eigenvalue weighted by Gasteiger charge is -2.28. The number of hydrogen-bond donors (Lipinski definition) is 0. The van der Waals surface area contributed by atoms with Gasteiger partial charge in [0.2, 0.25) is 5.91 Å². The summed E-state index contributed by atoms with van der Waals surface area (Å²) in [6.45, 7) is 1.68. The number of aromatic nitrogens is 1. The van der Waals surface area contributed by atoms with Gasteiger partial charge in [0.1, 0.15) is 6.54 Å². The summed E-state index contributed by atoms with van der Waals surface area (Å²) in [6.07, 6.45) is 4.73. The van der Waals surface area contributed by atoms with Gasteiger partial charge >= 0.3 is 0 Å². The number of nitrogens with zero attached hydrogens (tertiary/aromatic N) is 3. The largest absolute Gasteiger partial charge is 0.385 e. The van der Waals surface area contributed by atoms with E-state index in [0.29, 0.717) is 31.7 Å². The molecule has 1 saturated carbocycles. The molecule has 0 atom stereocenters. The Morgan fingerprint density at radius 1 is 1.06 bits per heavy atom. The normalized spacial score (nSPS) is 13.3. The van der Waals surface area contributed by atoms with Crippen molar-refractivity contribution in [3.8, 4) is 0 Å². The van der Waals surface area contributed by atoms with Gasteiger partial charge in [0.25, 0.3) is 5.91 Å². The molecule has 1 aromatic heterocycles. The highest BCUT2D eigenvalue weighted by Crippen LogP contribution is 2.29. The van der Waals surface area contributed by atoms with E-state index < -0.39 is 0 Å². The van der Waals surface area contributed by atoms with E-state index in [1.165, 1.54) is 0 Å². The zero-order chi connectivity index (χ0) is 22.5. The summed E-state index contributed by atoms with van der Waals surface area (Å²) in [6, 6.07) is 18.0. The van der Waals surface area contributed by atoms with Crippen LogP contribution < -0.4 is 0 Å². The SMILES string of the molecule is COCCCN(CC(=O)N(Cc1cccn1C)C1CC1)C(=O)c1ccc2ccccc2c1. The van der Waals surface area contributed by atoms with E-state index in [-0.39, 0.29) is 24.4 Å². The van der Waals surface area contributed by atoms with Crippen LogP contribution in [0.25, 0.3) is 10.8 Å². The van der Waals surface area contributed by atoms with Crippen LogP contribution in [-0.4, -0.2) is 59.0 Å². The summed E-state index contributed by atoms with van der Waals surface area (Å²) < 4.78 is 7.22. The van der Waals surface area contributed by atoms with E-state index >= 15 is 0 Å². The molecule has 0 spiro atoms. The van der Waals surface area contributed by atoms with Crippen molar-refractivity contribution >= 4 is 22.6 Å². The van der Waals surface area contributed by atoms with Crippen LogP contribution in [0.3, 0.4) is 0 Å². The lowest BCUT2D eigenvalue weighted by molar-refractivity contribution is -0.133. The minimum absolute atomic E-state index is 0.000237. The first-order valence-electron chi connectivity index (χ1n) is 11.2. The van der Waals surface area contributed by atoms with Crippen molar-refractivity contribution in [1.82, 2.24) is 14.4 Å². The molecule has 1 aliphatic carbocycles. The number of amides is 2. The van der Waals surface area contributed by atoms with Crippen LogP contribution in [0.15, 0.2) is 60.8 Å². The minimum Gasteiger partial charge on any atom is -0.385 e. The van der Waals surface area contributed by atoms with Crippen molar-refractivity contribution in [2.45, 2.75) is 31.8 Å². The zero-order valence-corrected chi connectivity index (χ0v) is 18.9.